The van der Waals surface area contributed by atoms with Crippen molar-refractivity contribution in [3.63, 3.8) is 0 Å². The summed E-state index contributed by atoms with van der Waals surface area (Å²) in [5, 5.41) is 7.86. The highest BCUT2D eigenvalue weighted by atomic mass is 31.2. The van der Waals surface area contributed by atoms with E-state index in [1.165, 1.54) is 0 Å². The second-order valence-corrected chi connectivity index (χ2v) is 28.3. The molecule has 0 unspecified atom stereocenters. The van der Waals surface area contributed by atoms with E-state index in [1.54, 1.807) is 0 Å². The summed E-state index contributed by atoms with van der Waals surface area (Å²) >= 11 is 0. The molecule has 8 aromatic rings. The molecule has 0 saturated carbocycles. The largest absolute Gasteiger partial charge is 0.442 e. The van der Waals surface area contributed by atoms with E-state index < -0.39 is 30.9 Å². The van der Waals surface area contributed by atoms with E-state index in [2.05, 4.69) is 121 Å². The van der Waals surface area contributed by atoms with Crippen molar-refractivity contribution in [2.75, 3.05) is 12.3 Å². The van der Waals surface area contributed by atoms with Gasteiger partial charge in [0.05, 0.1) is 0 Å². The highest BCUT2D eigenvalue weighted by molar-refractivity contribution is 7.79. The maximum atomic E-state index is 15.9. The molecule has 0 saturated heterocycles. The molecule has 3 nitrogen and oxygen atoms in total. The van der Waals surface area contributed by atoms with Gasteiger partial charge in [-0.1, -0.05) is 243 Å². The van der Waals surface area contributed by atoms with E-state index in [-0.39, 0.29) is 0 Å². The second kappa shape index (κ2) is 18.3. The van der Waals surface area contributed by atoms with Crippen LogP contribution in [0.15, 0.2) is 243 Å². The maximum absolute atomic E-state index is 15.9. The van der Waals surface area contributed by atoms with Crippen LogP contribution in [-0.2, 0) is 13.2 Å². The van der Waals surface area contributed by atoms with Crippen LogP contribution < -0.4 is 42.0 Å². The topological polar surface area (TPSA) is 43.4 Å². The zero-order valence-corrected chi connectivity index (χ0v) is 36.8. The number of benzene rings is 8. The maximum Gasteiger partial charge on any atom is 0.246 e. The Labute approximate surface area is 351 Å². The molecule has 292 valence electrons. The smallest absolute Gasteiger partial charge is 0.246 e. The van der Waals surface area contributed by atoms with Crippen molar-refractivity contribution in [1.29, 1.82) is 0 Å². The van der Waals surface area contributed by atoms with Gasteiger partial charge >= 0.3 is 0 Å². The average Bonchev–Trinajstić information content (AvgIpc) is 3.33. The molecule has 0 heterocycles. The van der Waals surface area contributed by atoms with E-state index in [1.807, 2.05) is 121 Å². The molecular weight excluding hydrogens is 791 g/mol. The second-order valence-electron chi connectivity index (χ2n) is 15.0. The molecule has 0 aliphatic rings. The van der Waals surface area contributed by atoms with Crippen LogP contribution in [0, 0.1) is 0 Å². The molecule has 0 spiro atoms. The van der Waals surface area contributed by atoms with Gasteiger partial charge in [0.1, 0.15) is 14.3 Å². The highest BCUT2D eigenvalue weighted by Crippen LogP contribution is 2.47. The first-order chi connectivity index (χ1) is 29.0. The molecule has 59 heavy (non-hydrogen) atoms. The Balaban J connectivity index is 1.37. The van der Waals surface area contributed by atoms with Crippen molar-refractivity contribution in [1.82, 2.24) is 0 Å². The van der Waals surface area contributed by atoms with Crippen molar-refractivity contribution in [3.05, 3.63) is 243 Å². The molecule has 0 atom stereocenters. The highest BCUT2D eigenvalue weighted by Gasteiger charge is 2.52. The van der Waals surface area contributed by atoms with Crippen molar-refractivity contribution < 1.29 is 13.2 Å². The van der Waals surface area contributed by atoms with Crippen LogP contribution in [0.25, 0.3) is 0 Å². The minimum Gasteiger partial charge on any atom is -0.442 e. The minimum absolute atomic E-state index is 0.414. The summed E-state index contributed by atoms with van der Waals surface area (Å²) < 4.78 is 40.4. The SMILES string of the molecule is O=P(CC[Si](O[Si](CCP(=O)(c1ccccc1)c1ccccc1)(c1ccccc1)c1ccccc1)(c1ccccc1)c1ccccc1)(c1ccccc1)c1ccccc1. The Bertz CT molecular complexity index is 2270. The summed E-state index contributed by atoms with van der Waals surface area (Å²) in [4.78, 5) is 0. The summed E-state index contributed by atoms with van der Waals surface area (Å²) in [6.45, 7) is 0. The average molecular weight is 839 g/mol. The molecule has 8 rings (SSSR count). The van der Waals surface area contributed by atoms with Gasteiger partial charge in [0.2, 0.25) is 16.6 Å². The van der Waals surface area contributed by atoms with Gasteiger partial charge < -0.3 is 13.2 Å². The van der Waals surface area contributed by atoms with E-state index in [9.17, 15) is 0 Å². The fourth-order valence-corrected chi connectivity index (χ4v) is 27.6. The molecule has 0 aliphatic carbocycles. The molecule has 0 bridgehead atoms. The third-order valence-corrected chi connectivity index (χ3v) is 28.4. The van der Waals surface area contributed by atoms with Gasteiger partial charge in [0.25, 0.3) is 0 Å². The van der Waals surface area contributed by atoms with Crippen LogP contribution in [0.3, 0.4) is 0 Å². The standard InChI is InChI=1S/C52H48O3P2Si2/c53-56(45-25-9-1-10-26-45,46-27-11-2-12-28-46)41-43-58(49-33-17-5-18-34-49,50-35-19-6-20-36-50)55-59(51-37-21-7-22-38-51,52-39-23-8-24-40-52)44-42-57(54,47-29-13-3-14-30-47)48-31-15-4-16-32-48/h1-40H,41-44H2. The molecule has 8 aromatic carbocycles. The molecule has 0 N–H and O–H groups in total. The predicted octanol–water partition coefficient (Wildman–Crippen LogP) is 8.55. The summed E-state index contributed by atoms with van der Waals surface area (Å²) in [6, 6.07) is 83.8. The predicted molar refractivity (Wildman–Crippen MR) is 256 cm³/mol. The Kier molecular flexibility index (Phi) is 12.5. The Hall–Kier alpha value is -5.39. The molecule has 0 radical (unpaired) electrons. The third-order valence-electron chi connectivity index (χ3n) is 11.6. The molecule has 7 heteroatoms. The van der Waals surface area contributed by atoms with E-state index in [0.717, 1.165) is 42.0 Å². The summed E-state index contributed by atoms with van der Waals surface area (Å²) in [7, 11) is -13.1. The van der Waals surface area contributed by atoms with Crippen molar-refractivity contribution in [2.45, 2.75) is 12.1 Å². The Morgan fingerprint density at radius 2 is 0.475 bits per heavy atom. The first-order valence-corrected chi connectivity index (χ1v) is 28.3. The van der Waals surface area contributed by atoms with E-state index in [0.29, 0.717) is 24.4 Å². The van der Waals surface area contributed by atoms with Crippen LogP contribution in [0.4, 0.5) is 0 Å². The fourth-order valence-electron chi connectivity index (χ4n) is 8.49. The van der Waals surface area contributed by atoms with Gasteiger partial charge in [0, 0.05) is 33.5 Å². The molecule has 0 fully saturated rings. The van der Waals surface area contributed by atoms with Gasteiger partial charge in [0.15, 0.2) is 0 Å². The number of hydrogen-bond donors (Lipinski definition) is 0. The lowest BCUT2D eigenvalue weighted by Crippen LogP contribution is -2.73. The van der Waals surface area contributed by atoms with Gasteiger partial charge in [-0.25, -0.2) is 0 Å². The lowest BCUT2D eigenvalue weighted by molar-refractivity contribution is 0.564. The van der Waals surface area contributed by atoms with Gasteiger partial charge in [-0.05, 0) is 32.8 Å². The zero-order valence-electron chi connectivity index (χ0n) is 33.0. The lowest BCUT2D eigenvalue weighted by atomic mass is 10.4. The molecular formula is C52H48O3P2Si2. The van der Waals surface area contributed by atoms with Gasteiger partial charge in [-0.15, -0.1) is 0 Å². The van der Waals surface area contributed by atoms with E-state index in [4.69, 9.17) is 4.12 Å². The Morgan fingerprint density at radius 3 is 0.678 bits per heavy atom. The zero-order chi connectivity index (χ0) is 40.4. The summed E-state index contributed by atoms with van der Waals surface area (Å²) in [5.41, 5.74) is 0. The van der Waals surface area contributed by atoms with Crippen LogP contribution in [0.2, 0.25) is 12.1 Å². The number of hydrogen-bond acceptors (Lipinski definition) is 3. The summed E-state index contributed by atoms with van der Waals surface area (Å²) in [6.07, 6.45) is 0.829. The van der Waals surface area contributed by atoms with Crippen molar-refractivity contribution in [3.8, 4) is 0 Å². The van der Waals surface area contributed by atoms with Crippen LogP contribution in [0.5, 0.6) is 0 Å². The van der Waals surface area contributed by atoms with Crippen LogP contribution in [-0.4, -0.2) is 29.0 Å². The quantitative estimate of drug-likeness (QED) is 0.0725. The van der Waals surface area contributed by atoms with Crippen molar-refractivity contribution in [2.24, 2.45) is 0 Å². The Morgan fingerprint density at radius 1 is 0.288 bits per heavy atom. The van der Waals surface area contributed by atoms with Crippen LogP contribution >= 0.6 is 14.3 Å². The monoisotopic (exact) mass is 838 g/mol. The van der Waals surface area contributed by atoms with Crippen LogP contribution in [0.1, 0.15) is 0 Å². The lowest BCUT2D eigenvalue weighted by Gasteiger charge is -2.44. The third kappa shape index (κ3) is 8.41. The first kappa shape index (κ1) is 40.4. The van der Waals surface area contributed by atoms with E-state index >= 15 is 9.13 Å². The minimum atomic E-state index is -3.38. The molecule has 0 amide bonds. The molecule has 0 aliphatic heterocycles. The number of rotatable bonds is 16. The van der Waals surface area contributed by atoms with Gasteiger partial charge in [-0.2, -0.15) is 0 Å². The molecule has 0 aromatic heterocycles. The van der Waals surface area contributed by atoms with Gasteiger partial charge in [-0.3, -0.25) is 0 Å². The first-order valence-electron chi connectivity index (χ1n) is 20.3. The summed E-state index contributed by atoms with van der Waals surface area (Å²) in [5.74, 6) is 0. The normalized spacial score (nSPS) is 12.2. The van der Waals surface area contributed by atoms with Crippen molar-refractivity contribution >= 4 is 72.9 Å². The fraction of sp³-hybridized carbons (Fsp3) is 0.0769.